The third-order valence-corrected chi connectivity index (χ3v) is 3.61. The van der Waals surface area contributed by atoms with E-state index in [-0.39, 0.29) is 17.7 Å². The van der Waals surface area contributed by atoms with Gasteiger partial charge in [-0.2, -0.15) is 0 Å². The molecule has 3 N–H and O–H groups in total. The predicted molar refractivity (Wildman–Crippen MR) is 84.8 cm³/mol. The number of nitrogens with zero attached hydrogens (tertiary/aromatic N) is 1. The molecule has 0 saturated carbocycles. The van der Waals surface area contributed by atoms with Gasteiger partial charge in [0.25, 0.3) is 0 Å². The summed E-state index contributed by atoms with van der Waals surface area (Å²) in [5, 5.41) is 2.78. The van der Waals surface area contributed by atoms with Crippen LogP contribution in [0, 0.1) is 0 Å². The van der Waals surface area contributed by atoms with Crippen LogP contribution in [0.4, 0.5) is 5.69 Å². The zero-order valence-electron chi connectivity index (χ0n) is 13.2. The second kappa shape index (κ2) is 7.67. The van der Waals surface area contributed by atoms with E-state index in [1.54, 1.807) is 30.9 Å². The Hall–Kier alpha value is -2.04. The molecule has 2 atom stereocenters. The molecule has 0 heterocycles. The van der Waals surface area contributed by atoms with Crippen LogP contribution in [0.2, 0.25) is 0 Å². The Balaban J connectivity index is 2.70. The Labute approximate surface area is 126 Å². The van der Waals surface area contributed by atoms with Crippen molar-refractivity contribution < 1.29 is 9.59 Å². The van der Waals surface area contributed by atoms with E-state index in [1.165, 1.54) is 0 Å². The summed E-state index contributed by atoms with van der Waals surface area (Å²) in [6.07, 6.45) is 0. The van der Waals surface area contributed by atoms with Crippen LogP contribution in [-0.4, -0.2) is 35.8 Å². The van der Waals surface area contributed by atoms with Crippen molar-refractivity contribution in [3.8, 4) is 0 Å². The van der Waals surface area contributed by atoms with E-state index in [4.69, 9.17) is 5.73 Å². The van der Waals surface area contributed by atoms with Gasteiger partial charge >= 0.3 is 0 Å². The standard InChI is InChI=1S/C16H25N3O2/c1-5-19(6-2)16(21)12(4)18-15(20)11(3)13-8-7-9-14(17)10-13/h7-12H,5-6,17H2,1-4H3,(H,18,20). The smallest absolute Gasteiger partial charge is 0.244 e. The van der Waals surface area contributed by atoms with Gasteiger partial charge in [0.15, 0.2) is 0 Å². The molecular formula is C16H25N3O2. The number of carbonyl (C=O) groups is 2. The molecule has 0 aromatic heterocycles. The van der Waals surface area contributed by atoms with Crippen molar-refractivity contribution >= 4 is 17.5 Å². The maximum Gasteiger partial charge on any atom is 0.244 e. The average molecular weight is 291 g/mol. The number of benzene rings is 1. The molecule has 0 aliphatic carbocycles. The molecule has 21 heavy (non-hydrogen) atoms. The number of nitrogen functional groups attached to an aromatic ring is 1. The van der Waals surface area contributed by atoms with Crippen molar-refractivity contribution in [3.05, 3.63) is 29.8 Å². The van der Waals surface area contributed by atoms with Crippen LogP contribution in [-0.2, 0) is 9.59 Å². The third kappa shape index (κ3) is 4.48. The van der Waals surface area contributed by atoms with Crippen LogP contribution in [0.5, 0.6) is 0 Å². The van der Waals surface area contributed by atoms with Crippen molar-refractivity contribution in [2.75, 3.05) is 18.8 Å². The largest absolute Gasteiger partial charge is 0.399 e. The molecule has 0 spiro atoms. The van der Waals surface area contributed by atoms with Crippen molar-refractivity contribution in [2.45, 2.75) is 39.7 Å². The average Bonchev–Trinajstić information content (AvgIpc) is 2.47. The van der Waals surface area contributed by atoms with Gasteiger partial charge in [0.1, 0.15) is 6.04 Å². The van der Waals surface area contributed by atoms with Crippen molar-refractivity contribution in [3.63, 3.8) is 0 Å². The summed E-state index contributed by atoms with van der Waals surface area (Å²) in [4.78, 5) is 26.1. The molecule has 1 aromatic rings. The van der Waals surface area contributed by atoms with Crippen LogP contribution < -0.4 is 11.1 Å². The van der Waals surface area contributed by atoms with E-state index in [0.717, 1.165) is 5.56 Å². The fourth-order valence-corrected chi connectivity index (χ4v) is 2.19. The molecule has 0 fully saturated rings. The molecule has 0 radical (unpaired) electrons. The van der Waals surface area contributed by atoms with Crippen LogP contribution in [0.1, 0.15) is 39.2 Å². The molecule has 5 nitrogen and oxygen atoms in total. The zero-order valence-corrected chi connectivity index (χ0v) is 13.2. The van der Waals surface area contributed by atoms with Crippen LogP contribution >= 0.6 is 0 Å². The summed E-state index contributed by atoms with van der Waals surface area (Å²) in [6, 6.07) is 6.71. The van der Waals surface area contributed by atoms with E-state index in [1.807, 2.05) is 26.0 Å². The predicted octanol–water partition coefficient (Wildman–Crippen LogP) is 1.75. The molecule has 116 valence electrons. The molecule has 0 bridgehead atoms. The number of anilines is 1. The minimum absolute atomic E-state index is 0.0619. The first-order valence-electron chi connectivity index (χ1n) is 7.35. The lowest BCUT2D eigenvalue weighted by atomic mass is 9.99. The Bertz CT molecular complexity index is 498. The molecule has 2 unspecified atom stereocenters. The van der Waals surface area contributed by atoms with Crippen LogP contribution in [0.15, 0.2) is 24.3 Å². The van der Waals surface area contributed by atoms with Crippen molar-refractivity contribution in [1.82, 2.24) is 10.2 Å². The van der Waals surface area contributed by atoms with Gasteiger partial charge in [-0.1, -0.05) is 12.1 Å². The Morgan fingerprint density at radius 2 is 1.86 bits per heavy atom. The molecule has 1 rings (SSSR count). The first-order valence-corrected chi connectivity index (χ1v) is 7.35. The first-order chi connectivity index (χ1) is 9.90. The summed E-state index contributed by atoms with van der Waals surface area (Å²) in [5.74, 6) is -0.581. The van der Waals surface area contributed by atoms with Gasteiger partial charge in [-0.3, -0.25) is 9.59 Å². The number of nitrogens with one attached hydrogen (secondary N) is 1. The lowest BCUT2D eigenvalue weighted by molar-refractivity contribution is -0.135. The van der Waals surface area contributed by atoms with Crippen LogP contribution in [0.3, 0.4) is 0 Å². The number of amides is 2. The molecule has 2 amide bonds. The summed E-state index contributed by atoms with van der Waals surface area (Å²) >= 11 is 0. The quantitative estimate of drug-likeness (QED) is 0.784. The zero-order chi connectivity index (χ0) is 16.0. The van der Waals surface area contributed by atoms with E-state index in [0.29, 0.717) is 18.8 Å². The van der Waals surface area contributed by atoms with Gasteiger partial charge in [-0.15, -0.1) is 0 Å². The molecule has 0 aliphatic heterocycles. The molecular weight excluding hydrogens is 266 g/mol. The number of carbonyl (C=O) groups excluding carboxylic acids is 2. The number of rotatable bonds is 6. The summed E-state index contributed by atoms with van der Waals surface area (Å²) in [7, 11) is 0. The molecule has 5 heteroatoms. The number of hydrogen-bond acceptors (Lipinski definition) is 3. The SMILES string of the molecule is CCN(CC)C(=O)C(C)NC(=O)C(C)c1cccc(N)c1. The maximum absolute atomic E-state index is 12.2. The minimum atomic E-state index is -0.527. The minimum Gasteiger partial charge on any atom is -0.399 e. The van der Waals surface area contributed by atoms with Crippen molar-refractivity contribution in [1.29, 1.82) is 0 Å². The maximum atomic E-state index is 12.2. The summed E-state index contributed by atoms with van der Waals surface area (Å²) < 4.78 is 0. The number of hydrogen-bond donors (Lipinski definition) is 2. The molecule has 1 aromatic carbocycles. The van der Waals surface area contributed by atoms with E-state index in [2.05, 4.69) is 5.32 Å². The highest BCUT2D eigenvalue weighted by Gasteiger charge is 2.23. The normalized spacial score (nSPS) is 13.3. The fraction of sp³-hybridized carbons (Fsp3) is 0.500. The van der Waals surface area contributed by atoms with E-state index >= 15 is 0 Å². The fourth-order valence-electron chi connectivity index (χ4n) is 2.19. The first kappa shape index (κ1) is 17.0. The van der Waals surface area contributed by atoms with Gasteiger partial charge < -0.3 is 16.0 Å². The topological polar surface area (TPSA) is 75.4 Å². The second-order valence-electron chi connectivity index (χ2n) is 5.13. The summed E-state index contributed by atoms with van der Waals surface area (Å²) in [5.41, 5.74) is 7.20. The Morgan fingerprint density at radius 3 is 2.38 bits per heavy atom. The lowest BCUT2D eigenvalue weighted by Crippen LogP contribution is -2.47. The van der Waals surface area contributed by atoms with Gasteiger partial charge in [0, 0.05) is 18.8 Å². The highest BCUT2D eigenvalue weighted by molar-refractivity contribution is 5.90. The monoisotopic (exact) mass is 291 g/mol. The van der Waals surface area contributed by atoms with Crippen molar-refractivity contribution in [2.24, 2.45) is 0 Å². The third-order valence-electron chi connectivity index (χ3n) is 3.61. The number of likely N-dealkylation sites (N-methyl/N-ethyl adjacent to an activating group) is 1. The molecule has 0 aliphatic rings. The Morgan fingerprint density at radius 1 is 1.24 bits per heavy atom. The second-order valence-corrected chi connectivity index (χ2v) is 5.13. The van der Waals surface area contributed by atoms with Gasteiger partial charge in [-0.05, 0) is 45.4 Å². The van der Waals surface area contributed by atoms with Gasteiger partial charge in [0.05, 0.1) is 5.92 Å². The van der Waals surface area contributed by atoms with Crippen LogP contribution in [0.25, 0.3) is 0 Å². The summed E-state index contributed by atoms with van der Waals surface area (Å²) in [6.45, 7) is 8.64. The number of nitrogens with two attached hydrogens (primary N) is 1. The van der Waals surface area contributed by atoms with E-state index < -0.39 is 6.04 Å². The highest BCUT2D eigenvalue weighted by atomic mass is 16.2. The van der Waals surface area contributed by atoms with Gasteiger partial charge in [-0.25, -0.2) is 0 Å². The lowest BCUT2D eigenvalue weighted by Gasteiger charge is -2.24. The van der Waals surface area contributed by atoms with E-state index in [9.17, 15) is 9.59 Å². The Kier molecular flexibility index (Phi) is 6.21. The van der Waals surface area contributed by atoms with Gasteiger partial charge in [0.2, 0.25) is 11.8 Å². The molecule has 0 saturated heterocycles. The highest BCUT2D eigenvalue weighted by Crippen LogP contribution is 2.18.